The fourth-order valence-electron chi connectivity index (χ4n) is 1.68. The van der Waals surface area contributed by atoms with Crippen molar-refractivity contribution in [1.82, 2.24) is 4.98 Å². The molecule has 0 spiro atoms. The molecule has 1 N–H and O–H groups in total. The van der Waals surface area contributed by atoms with Gasteiger partial charge >= 0.3 is 0 Å². The molecule has 1 aromatic heterocycles. The Morgan fingerprint density at radius 3 is 2.95 bits per heavy atom. The van der Waals surface area contributed by atoms with Crippen molar-refractivity contribution < 1.29 is 4.74 Å². The van der Waals surface area contributed by atoms with Crippen LogP contribution in [-0.4, -0.2) is 12.1 Å². The molecular formula is C14H15N3OS. The zero-order valence-corrected chi connectivity index (χ0v) is 11.8. The zero-order chi connectivity index (χ0) is 13.7. The molecule has 0 saturated carbocycles. The molecule has 1 heterocycles. The van der Waals surface area contributed by atoms with Crippen molar-refractivity contribution in [3.63, 3.8) is 0 Å². The van der Waals surface area contributed by atoms with E-state index in [1.54, 1.807) is 30.6 Å². The minimum absolute atomic E-state index is 0.591. The van der Waals surface area contributed by atoms with Gasteiger partial charge in [-0.15, -0.1) is 11.3 Å². The quantitative estimate of drug-likeness (QED) is 0.909. The molecule has 5 heteroatoms. The summed E-state index contributed by atoms with van der Waals surface area (Å²) in [5.74, 6) is 0.680. The molecule has 0 atom stereocenters. The summed E-state index contributed by atoms with van der Waals surface area (Å²) in [7, 11) is 1.60. The van der Waals surface area contributed by atoms with E-state index in [1.165, 1.54) is 4.88 Å². The molecule has 4 nitrogen and oxygen atoms in total. The fraction of sp³-hybridized carbons (Fsp3) is 0.286. The molecule has 2 rings (SSSR count). The van der Waals surface area contributed by atoms with E-state index in [4.69, 9.17) is 10.00 Å². The highest BCUT2D eigenvalue weighted by atomic mass is 32.1. The van der Waals surface area contributed by atoms with Crippen LogP contribution in [0.15, 0.2) is 24.4 Å². The fourth-order valence-corrected chi connectivity index (χ4v) is 2.48. The molecule has 2 aromatic rings. The van der Waals surface area contributed by atoms with Gasteiger partial charge in [0.1, 0.15) is 5.75 Å². The van der Waals surface area contributed by atoms with Crippen LogP contribution in [0.2, 0.25) is 0 Å². The lowest BCUT2D eigenvalue weighted by Gasteiger charge is -2.10. The van der Waals surface area contributed by atoms with Gasteiger partial charge in [0.05, 0.1) is 36.0 Å². The van der Waals surface area contributed by atoms with Gasteiger partial charge in [0.15, 0.2) is 0 Å². The summed E-state index contributed by atoms with van der Waals surface area (Å²) in [6.07, 6.45) is 2.86. The van der Waals surface area contributed by atoms with E-state index in [0.29, 0.717) is 17.9 Å². The van der Waals surface area contributed by atoms with Gasteiger partial charge in [-0.3, -0.25) is 0 Å². The van der Waals surface area contributed by atoms with Crippen molar-refractivity contribution in [2.24, 2.45) is 0 Å². The first-order valence-corrected chi connectivity index (χ1v) is 6.84. The molecule has 0 unspecified atom stereocenters. The summed E-state index contributed by atoms with van der Waals surface area (Å²) >= 11 is 1.71. The largest absolute Gasteiger partial charge is 0.495 e. The number of benzene rings is 1. The molecule has 0 amide bonds. The van der Waals surface area contributed by atoms with Crippen LogP contribution < -0.4 is 10.1 Å². The van der Waals surface area contributed by atoms with E-state index < -0.39 is 0 Å². The number of anilines is 1. The number of rotatable bonds is 5. The number of methoxy groups -OCH3 is 1. The summed E-state index contributed by atoms with van der Waals surface area (Å²) < 4.78 is 5.28. The first-order chi connectivity index (χ1) is 9.26. The first-order valence-electron chi connectivity index (χ1n) is 6.02. The lowest BCUT2D eigenvalue weighted by molar-refractivity contribution is 0.416. The Balaban J connectivity index is 2.08. The van der Waals surface area contributed by atoms with Crippen molar-refractivity contribution in [3.8, 4) is 11.8 Å². The van der Waals surface area contributed by atoms with Crippen molar-refractivity contribution in [2.45, 2.75) is 19.9 Å². The maximum atomic E-state index is 8.85. The van der Waals surface area contributed by atoms with Gasteiger partial charge in [0.25, 0.3) is 0 Å². The smallest absolute Gasteiger partial charge is 0.143 e. The van der Waals surface area contributed by atoms with Crippen LogP contribution in [0.25, 0.3) is 0 Å². The van der Waals surface area contributed by atoms with Crippen LogP contribution in [0.4, 0.5) is 5.69 Å². The number of hydrogen-bond donors (Lipinski definition) is 1. The molecule has 19 heavy (non-hydrogen) atoms. The SMILES string of the molecule is CCc1ncc(CNc2ccc(C#N)cc2OC)s1. The van der Waals surface area contributed by atoms with E-state index >= 15 is 0 Å². The van der Waals surface area contributed by atoms with Crippen molar-refractivity contribution in [3.05, 3.63) is 39.8 Å². The average molecular weight is 273 g/mol. The minimum Gasteiger partial charge on any atom is -0.495 e. The number of aryl methyl sites for hydroxylation is 1. The number of hydrogen-bond acceptors (Lipinski definition) is 5. The highest BCUT2D eigenvalue weighted by Crippen LogP contribution is 2.26. The molecule has 0 aliphatic heterocycles. The lowest BCUT2D eigenvalue weighted by atomic mass is 10.2. The third kappa shape index (κ3) is 3.24. The molecule has 0 bridgehead atoms. The van der Waals surface area contributed by atoms with Crippen molar-refractivity contribution in [2.75, 3.05) is 12.4 Å². The van der Waals surface area contributed by atoms with Crippen LogP contribution >= 0.6 is 11.3 Å². The Labute approximate surface area is 116 Å². The van der Waals surface area contributed by atoms with Crippen LogP contribution in [0.1, 0.15) is 22.4 Å². The standard InChI is InChI=1S/C14H15N3OS/c1-3-14-17-9-11(19-14)8-16-12-5-4-10(7-15)6-13(12)18-2/h4-6,9,16H,3,8H2,1-2H3. The lowest BCUT2D eigenvalue weighted by Crippen LogP contribution is -2.00. The highest BCUT2D eigenvalue weighted by Gasteiger charge is 2.05. The van der Waals surface area contributed by atoms with Gasteiger partial charge in [-0.25, -0.2) is 4.98 Å². The Kier molecular flexibility index (Phi) is 4.37. The number of nitrogens with zero attached hydrogens (tertiary/aromatic N) is 2. The summed E-state index contributed by atoms with van der Waals surface area (Å²) in [4.78, 5) is 5.50. The number of nitriles is 1. The van der Waals surface area contributed by atoms with Gasteiger partial charge in [-0.1, -0.05) is 6.92 Å². The molecule has 0 saturated heterocycles. The Bertz CT molecular complexity index is 601. The van der Waals surface area contributed by atoms with Crippen LogP contribution in [0.5, 0.6) is 5.75 Å². The molecule has 0 aliphatic carbocycles. The highest BCUT2D eigenvalue weighted by molar-refractivity contribution is 7.11. The predicted octanol–water partition coefficient (Wildman–Crippen LogP) is 3.20. The summed E-state index contributed by atoms with van der Waals surface area (Å²) in [6, 6.07) is 7.46. The predicted molar refractivity (Wildman–Crippen MR) is 76.5 cm³/mol. The number of thiazole rings is 1. The van der Waals surface area contributed by atoms with Gasteiger partial charge < -0.3 is 10.1 Å². The molecule has 0 radical (unpaired) electrons. The third-order valence-electron chi connectivity index (χ3n) is 2.69. The van der Waals surface area contributed by atoms with Gasteiger partial charge in [0, 0.05) is 17.1 Å². The van der Waals surface area contributed by atoms with Gasteiger partial charge in [-0.05, 0) is 18.6 Å². The first kappa shape index (κ1) is 13.4. The Hall–Kier alpha value is -2.06. The Morgan fingerprint density at radius 2 is 2.32 bits per heavy atom. The summed E-state index contributed by atoms with van der Waals surface area (Å²) in [5.41, 5.74) is 1.47. The van der Waals surface area contributed by atoms with E-state index in [-0.39, 0.29) is 0 Å². The van der Waals surface area contributed by atoms with Crippen molar-refractivity contribution in [1.29, 1.82) is 5.26 Å². The molecule has 98 valence electrons. The molecule has 0 aliphatic rings. The van der Waals surface area contributed by atoms with E-state index in [2.05, 4.69) is 23.3 Å². The van der Waals surface area contributed by atoms with Crippen LogP contribution in [0.3, 0.4) is 0 Å². The second kappa shape index (κ2) is 6.21. The maximum Gasteiger partial charge on any atom is 0.143 e. The second-order valence-electron chi connectivity index (χ2n) is 3.95. The average Bonchev–Trinajstić information content (AvgIpc) is 2.92. The molecule has 1 aromatic carbocycles. The van der Waals surface area contributed by atoms with E-state index in [0.717, 1.165) is 17.1 Å². The van der Waals surface area contributed by atoms with E-state index in [1.807, 2.05) is 12.3 Å². The summed E-state index contributed by atoms with van der Waals surface area (Å²) in [6.45, 7) is 2.81. The zero-order valence-electron chi connectivity index (χ0n) is 10.9. The summed E-state index contributed by atoms with van der Waals surface area (Å²) in [5, 5.41) is 13.3. The number of aromatic nitrogens is 1. The van der Waals surface area contributed by atoms with E-state index in [9.17, 15) is 0 Å². The van der Waals surface area contributed by atoms with Gasteiger partial charge in [-0.2, -0.15) is 5.26 Å². The Morgan fingerprint density at radius 1 is 1.47 bits per heavy atom. The second-order valence-corrected chi connectivity index (χ2v) is 5.15. The maximum absolute atomic E-state index is 8.85. The monoisotopic (exact) mass is 273 g/mol. The minimum atomic E-state index is 0.591. The van der Waals surface area contributed by atoms with Crippen LogP contribution in [-0.2, 0) is 13.0 Å². The van der Waals surface area contributed by atoms with Gasteiger partial charge in [0.2, 0.25) is 0 Å². The third-order valence-corrected chi connectivity index (χ3v) is 3.83. The topological polar surface area (TPSA) is 57.9 Å². The van der Waals surface area contributed by atoms with Crippen molar-refractivity contribution >= 4 is 17.0 Å². The number of ether oxygens (including phenoxy) is 1. The molecule has 0 fully saturated rings. The number of nitrogens with one attached hydrogen (secondary N) is 1. The van der Waals surface area contributed by atoms with Crippen LogP contribution in [0, 0.1) is 11.3 Å². The normalized spacial score (nSPS) is 9.95. The molecular weight excluding hydrogens is 258 g/mol.